The van der Waals surface area contributed by atoms with Gasteiger partial charge in [-0.2, -0.15) is 0 Å². The maximum absolute atomic E-state index is 12.2. The molecule has 0 radical (unpaired) electrons. The van der Waals surface area contributed by atoms with Crippen LogP contribution in [0.5, 0.6) is 0 Å². The van der Waals surface area contributed by atoms with Crippen LogP contribution < -0.4 is 5.32 Å². The van der Waals surface area contributed by atoms with E-state index in [1.54, 1.807) is 6.33 Å². The average molecular weight is 258 g/mol. The molecule has 3 rings (SSSR count). The third kappa shape index (κ3) is 2.41. The number of rotatable bonds is 1. The highest BCUT2D eigenvalue weighted by Gasteiger charge is 2.23. The van der Waals surface area contributed by atoms with Crippen molar-refractivity contribution in [2.24, 2.45) is 0 Å². The molecule has 1 aromatic heterocycles. The number of urea groups is 1. The molecule has 1 fully saturated rings. The van der Waals surface area contributed by atoms with Gasteiger partial charge in [-0.15, -0.1) is 0 Å². The van der Waals surface area contributed by atoms with Crippen molar-refractivity contribution in [2.45, 2.75) is 32.2 Å². The van der Waals surface area contributed by atoms with E-state index in [-0.39, 0.29) is 6.03 Å². The number of piperidine rings is 1. The topological polar surface area (TPSA) is 61.0 Å². The van der Waals surface area contributed by atoms with Gasteiger partial charge in [0.2, 0.25) is 0 Å². The third-order valence-electron chi connectivity index (χ3n) is 3.74. The number of aromatic nitrogens is 2. The number of amides is 2. The highest BCUT2D eigenvalue weighted by molar-refractivity contribution is 5.92. The molecule has 5 nitrogen and oxygen atoms in total. The lowest BCUT2D eigenvalue weighted by Gasteiger charge is -2.33. The Balaban J connectivity index is 1.74. The van der Waals surface area contributed by atoms with E-state index in [0.29, 0.717) is 6.04 Å². The Morgan fingerprint density at radius 1 is 1.47 bits per heavy atom. The van der Waals surface area contributed by atoms with E-state index in [9.17, 15) is 4.79 Å². The van der Waals surface area contributed by atoms with E-state index in [1.807, 2.05) is 23.1 Å². The van der Waals surface area contributed by atoms with Gasteiger partial charge in [-0.3, -0.25) is 0 Å². The molecule has 2 heterocycles. The van der Waals surface area contributed by atoms with Crippen LogP contribution in [0.1, 0.15) is 26.2 Å². The lowest BCUT2D eigenvalue weighted by molar-refractivity contribution is 0.170. The molecular formula is C14H18N4O. The fraction of sp³-hybridized carbons (Fsp3) is 0.429. The van der Waals surface area contributed by atoms with Crippen molar-refractivity contribution in [1.29, 1.82) is 0 Å². The van der Waals surface area contributed by atoms with Crippen molar-refractivity contribution >= 4 is 22.8 Å². The lowest BCUT2D eigenvalue weighted by atomic mass is 10.0. The molecule has 19 heavy (non-hydrogen) atoms. The largest absolute Gasteiger partial charge is 0.345 e. The van der Waals surface area contributed by atoms with Gasteiger partial charge < -0.3 is 15.2 Å². The fourth-order valence-electron chi connectivity index (χ4n) is 2.61. The van der Waals surface area contributed by atoms with Crippen LogP contribution in [0.2, 0.25) is 0 Å². The Bertz CT molecular complexity index is 592. The molecule has 0 bridgehead atoms. The molecule has 2 N–H and O–H groups in total. The number of fused-ring (bicyclic) bond motifs is 1. The van der Waals surface area contributed by atoms with E-state index < -0.39 is 0 Å². The van der Waals surface area contributed by atoms with Crippen LogP contribution >= 0.6 is 0 Å². The van der Waals surface area contributed by atoms with Crippen molar-refractivity contribution in [2.75, 3.05) is 11.9 Å². The van der Waals surface area contributed by atoms with E-state index in [1.165, 1.54) is 6.42 Å². The third-order valence-corrected chi connectivity index (χ3v) is 3.74. The molecule has 2 aromatic rings. The van der Waals surface area contributed by atoms with Crippen molar-refractivity contribution in [3.8, 4) is 0 Å². The number of anilines is 1. The van der Waals surface area contributed by atoms with Crippen LogP contribution in [-0.2, 0) is 0 Å². The highest BCUT2D eigenvalue weighted by atomic mass is 16.2. The van der Waals surface area contributed by atoms with Gasteiger partial charge in [0.05, 0.1) is 17.4 Å². The second-order valence-electron chi connectivity index (χ2n) is 5.10. The summed E-state index contributed by atoms with van der Waals surface area (Å²) in [6.45, 7) is 2.95. The molecule has 5 heteroatoms. The minimum Gasteiger partial charge on any atom is -0.345 e. The number of benzene rings is 1. The number of likely N-dealkylation sites (tertiary alicyclic amines) is 1. The molecule has 2 amide bonds. The van der Waals surface area contributed by atoms with E-state index >= 15 is 0 Å². The Hall–Kier alpha value is -2.04. The fourth-order valence-corrected chi connectivity index (χ4v) is 2.61. The first kappa shape index (κ1) is 12.0. The zero-order chi connectivity index (χ0) is 13.2. The number of H-pyrrole nitrogens is 1. The van der Waals surface area contributed by atoms with Gasteiger partial charge in [0.1, 0.15) is 0 Å². The van der Waals surface area contributed by atoms with Gasteiger partial charge in [-0.05, 0) is 44.4 Å². The minimum atomic E-state index is -0.00827. The molecule has 1 aromatic carbocycles. The number of nitrogens with one attached hydrogen (secondary N) is 2. The van der Waals surface area contributed by atoms with Crippen LogP contribution in [0, 0.1) is 0 Å². The summed E-state index contributed by atoms with van der Waals surface area (Å²) in [4.78, 5) is 21.4. The second-order valence-corrected chi connectivity index (χ2v) is 5.10. The smallest absolute Gasteiger partial charge is 0.322 e. The molecule has 0 spiro atoms. The molecule has 1 aliphatic rings. The number of carbonyl (C=O) groups is 1. The first-order chi connectivity index (χ1) is 9.24. The number of aromatic amines is 1. The maximum Gasteiger partial charge on any atom is 0.322 e. The highest BCUT2D eigenvalue weighted by Crippen LogP contribution is 2.19. The van der Waals surface area contributed by atoms with Gasteiger partial charge in [-0.25, -0.2) is 9.78 Å². The van der Waals surface area contributed by atoms with Gasteiger partial charge in [0, 0.05) is 18.3 Å². The van der Waals surface area contributed by atoms with Gasteiger partial charge in [0.15, 0.2) is 0 Å². The Kier molecular flexibility index (Phi) is 3.11. The Labute approximate surface area is 112 Å². The number of imidazole rings is 1. The summed E-state index contributed by atoms with van der Waals surface area (Å²) in [6, 6.07) is 6.02. The van der Waals surface area contributed by atoms with Crippen LogP contribution in [-0.4, -0.2) is 33.5 Å². The average Bonchev–Trinajstić information content (AvgIpc) is 2.86. The molecule has 1 unspecified atom stereocenters. The van der Waals surface area contributed by atoms with Crippen LogP contribution in [0.3, 0.4) is 0 Å². The van der Waals surface area contributed by atoms with Gasteiger partial charge in [-0.1, -0.05) is 0 Å². The second kappa shape index (κ2) is 4.91. The predicted octanol–water partition coefficient (Wildman–Crippen LogP) is 2.97. The van der Waals surface area contributed by atoms with Gasteiger partial charge >= 0.3 is 6.03 Å². The molecular weight excluding hydrogens is 240 g/mol. The first-order valence-electron chi connectivity index (χ1n) is 6.75. The van der Waals surface area contributed by atoms with Crippen LogP contribution in [0.15, 0.2) is 24.5 Å². The standard InChI is InChI=1S/C14H18N4O/c1-10-4-2-3-7-18(10)14(19)17-11-5-6-12-13(8-11)16-9-15-12/h5-6,8-10H,2-4,7H2,1H3,(H,15,16)(H,17,19). The predicted molar refractivity (Wildman–Crippen MR) is 75.1 cm³/mol. The summed E-state index contributed by atoms with van der Waals surface area (Å²) in [5, 5.41) is 2.96. The lowest BCUT2D eigenvalue weighted by Crippen LogP contribution is -2.44. The van der Waals surface area contributed by atoms with Crippen molar-refractivity contribution in [3.63, 3.8) is 0 Å². The monoisotopic (exact) mass is 258 g/mol. The number of nitrogens with zero attached hydrogens (tertiary/aromatic N) is 2. The molecule has 0 aliphatic carbocycles. The number of hydrogen-bond donors (Lipinski definition) is 2. The van der Waals surface area contributed by atoms with E-state index in [4.69, 9.17) is 0 Å². The number of carbonyl (C=O) groups excluding carboxylic acids is 1. The van der Waals surface area contributed by atoms with Crippen LogP contribution in [0.4, 0.5) is 10.5 Å². The summed E-state index contributed by atoms with van der Waals surface area (Å²) in [5.41, 5.74) is 2.65. The normalized spacial score (nSPS) is 19.6. The molecule has 1 atom stereocenters. The summed E-state index contributed by atoms with van der Waals surface area (Å²) in [6.07, 6.45) is 5.05. The summed E-state index contributed by atoms with van der Waals surface area (Å²) >= 11 is 0. The Morgan fingerprint density at radius 2 is 2.37 bits per heavy atom. The van der Waals surface area contributed by atoms with E-state index in [2.05, 4.69) is 22.2 Å². The van der Waals surface area contributed by atoms with E-state index in [0.717, 1.165) is 36.1 Å². The van der Waals surface area contributed by atoms with Gasteiger partial charge in [0.25, 0.3) is 0 Å². The SMILES string of the molecule is CC1CCCCN1C(=O)Nc1ccc2nc[nH]c2c1. The summed E-state index contributed by atoms with van der Waals surface area (Å²) in [5.74, 6) is 0. The zero-order valence-corrected chi connectivity index (χ0v) is 11.0. The van der Waals surface area contributed by atoms with Crippen LogP contribution in [0.25, 0.3) is 11.0 Å². The maximum atomic E-state index is 12.2. The molecule has 0 saturated carbocycles. The summed E-state index contributed by atoms with van der Waals surface area (Å²) in [7, 11) is 0. The Morgan fingerprint density at radius 3 is 3.21 bits per heavy atom. The minimum absolute atomic E-state index is 0.00827. The number of hydrogen-bond acceptors (Lipinski definition) is 2. The zero-order valence-electron chi connectivity index (χ0n) is 11.0. The van der Waals surface area contributed by atoms with Crippen molar-refractivity contribution < 1.29 is 4.79 Å². The van der Waals surface area contributed by atoms with Crippen molar-refractivity contribution in [1.82, 2.24) is 14.9 Å². The molecule has 1 saturated heterocycles. The molecule has 1 aliphatic heterocycles. The molecule has 100 valence electrons. The van der Waals surface area contributed by atoms with Crippen molar-refractivity contribution in [3.05, 3.63) is 24.5 Å². The quantitative estimate of drug-likeness (QED) is 0.826. The first-order valence-corrected chi connectivity index (χ1v) is 6.75. The summed E-state index contributed by atoms with van der Waals surface area (Å²) < 4.78 is 0.